The minimum Gasteiger partial charge on any atom is -0.619 e. The van der Waals surface area contributed by atoms with Gasteiger partial charge in [0.1, 0.15) is 0 Å². The summed E-state index contributed by atoms with van der Waals surface area (Å²) in [7, 11) is 0. The summed E-state index contributed by atoms with van der Waals surface area (Å²) < 4.78 is 0.842. The maximum atomic E-state index is 13.2. The quantitative estimate of drug-likeness (QED) is 0.437. The van der Waals surface area contributed by atoms with Crippen molar-refractivity contribution in [3.63, 3.8) is 0 Å². The minimum atomic E-state index is -0.277. The second-order valence-electron chi connectivity index (χ2n) is 8.79. The molecule has 1 aliphatic rings. The van der Waals surface area contributed by atoms with E-state index in [0.29, 0.717) is 18.9 Å². The SMILES string of the molecule is NC[C@H]1CC[C@H](C(=O)NC(Cc2ccccc2)c2cc(-c3ccccc3)c[n+]([O-])c2)CC1. The van der Waals surface area contributed by atoms with Crippen LogP contribution in [0.2, 0.25) is 0 Å². The summed E-state index contributed by atoms with van der Waals surface area (Å²) in [6.45, 7) is 0.695. The number of rotatable bonds is 7. The number of nitrogens with one attached hydrogen (secondary N) is 1. The first-order valence-corrected chi connectivity index (χ1v) is 11.5. The highest BCUT2D eigenvalue weighted by molar-refractivity contribution is 5.79. The van der Waals surface area contributed by atoms with Crippen LogP contribution in [0.25, 0.3) is 11.1 Å². The smallest absolute Gasteiger partial charge is 0.223 e. The zero-order valence-corrected chi connectivity index (χ0v) is 18.3. The van der Waals surface area contributed by atoms with Crippen LogP contribution in [0.4, 0.5) is 0 Å². The van der Waals surface area contributed by atoms with Crippen LogP contribution in [0, 0.1) is 17.0 Å². The van der Waals surface area contributed by atoms with Crippen molar-refractivity contribution in [2.24, 2.45) is 17.6 Å². The lowest BCUT2D eigenvalue weighted by Gasteiger charge is -2.28. The molecule has 3 aromatic rings. The van der Waals surface area contributed by atoms with Crippen molar-refractivity contribution in [3.8, 4) is 11.1 Å². The van der Waals surface area contributed by atoms with Crippen molar-refractivity contribution in [1.29, 1.82) is 0 Å². The van der Waals surface area contributed by atoms with Gasteiger partial charge in [-0.15, -0.1) is 0 Å². The van der Waals surface area contributed by atoms with E-state index in [9.17, 15) is 10.0 Å². The van der Waals surface area contributed by atoms with Crippen LogP contribution in [0.5, 0.6) is 0 Å². The second kappa shape index (κ2) is 10.4. The minimum absolute atomic E-state index is 0.00718. The van der Waals surface area contributed by atoms with E-state index in [-0.39, 0.29) is 17.9 Å². The topological polar surface area (TPSA) is 82.1 Å². The number of hydrogen-bond acceptors (Lipinski definition) is 3. The number of aromatic nitrogens is 1. The fourth-order valence-corrected chi connectivity index (χ4v) is 4.61. The van der Waals surface area contributed by atoms with Crippen molar-refractivity contribution in [2.45, 2.75) is 38.1 Å². The molecule has 1 aliphatic carbocycles. The first-order chi connectivity index (χ1) is 15.6. The van der Waals surface area contributed by atoms with E-state index in [1.54, 1.807) is 12.4 Å². The molecule has 1 aromatic heterocycles. The highest BCUT2D eigenvalue weighted by Gasteiger charge is 2.28. The Morgan fingerprint density at radius 3 is 2.28 bits per heavy atom. The van der Waals surface area contributed by atoms with Crippen molar-refractivity contribution in [3.05, 3.63) is 95.5 Å². The summed E-state index contributed by atoms with van der Waals surface area (Å²) in [6, 6.07) is 21.7. The third kappa shape index (κ3) is 5.54. The van der Waals surface area contributed by atoms with Gasteiger partial charge >= 0.3 is 0 Å². The molecule has 0 bridgehead atoms. The van der Waals surface area contributed by atoms with Gasteiger partial charge in [-0.25, -0.2) is 0 Å². The standard InChI is InChI=1S/C27H31N3O2/c28-17-21-11-13-23(14-12-21)27(31)29-26(15-20-7-3-1-4-8-20)25-16-24(18-30(32)19-25)22-9-5-2-6-10-22/h1-10,16,18-19,21,23,26H,11-15,17,28H2,(H,29,31)/t21-,23-,26?. The van der Waals surface area contributed by atoms with Gasteiger partial charge in [-0.2, -0.15) is 4.73 Å². The lowest BCUT2D eigenvalue weighted by Crippen LogP contribution is -2.38. The lowest BCUT2D eigenvalue weighted by atomic mass is 9.81. The van der Waals surface area contributed by atoms with E-state index in [0.717, 1.165) is 52.7 Å². The number of amides is 1. The Morgan fingerprint density at radius 2 is 1.62 bits per heavy atom. The first-order valence-electron chi connectivity index (χ1n) is 11.5. The molecule has 1 atom stereocenters. The van der Waals surface area contributed by atoms with Gasteiger partial charge in [0, 0.05) is 17.0 Å². The maximum absolute atomic E-state index is 13.2. The fourth-order valence-electron chi connectivity index (χ4n) is 4.61. The molecule has 3 N–H and O–H groups in total. The number of nitrogens with two attached hydrogens (primary N) is 1. The van der Waals surface area contributed by atoms with E-state index in [2.05, 4.69) is 17.4 Å². The van der Waals surface area contributed by atoms with E-state index in [1.165, 1.54) is 0 Å². The average molecular weight is 430 g/mol. The van der Waals surface area contributed by atoms with E-state index in [4.69, 9.17) is 5.73 Å². The monoisotopic (exact) mass is 429 g/mol. The molecule has 1 saturated carbocycles. The fraction of sp³-hybridized carbons (Fsp3) is 0.333. The van der Waals surface area contributed by atoms with Crippen molar-refractivity contribution in [2.75, 3.05) is 6.54 Å². The van der Waals surface area contributed by atoms with Gasteiger partial charge in [-0.1, -0.05) is 60.7 Å². The molecule has 5 heteroatoms. The Balaban J connectivity index is 1.60. The van der Waals surface area contributed by atoms with Crippen molar-refractivity contribution >= 4 is 5.91 Å². The Labute approximate surface area is 189 Å². The molecule has 4 rings (SSSR count). The molecule has 0 saturated heterocycles. The van der Waals surface area contributed by atoms with Crippen LogP contribution in [0.15, 0.2) is 79.1 Å². The molecule has 32 heavy (non-hydrogen) atoms. The van der Waals surface area contributed by atoms with Crippen molar-refractivity contribution in [1.82, 2.24) is 5.32 Å². The summed E-state index contributed by atoms with van der Waals surface area (Å²) in [6.07, 6.45) is 7.53. The lowest BCUT2D eigenvalue weighted by molar-refractivity contribution is -0.605. The highest BCUT2D eigenvalue weighted by atomic mass is 16.5. The van der Waals surface area contributed by atoms with Crippen LogP contribution in [0.1, 0.15) is 42.9 Å². The zero-order chi connectivity index (χ0) is 22.3. The van der Waals surface area contributed by atoms with Gasteiger partial charge in [-0.05, 0) is 61.8 Å². The van der Waals surface area contributed by atoms with Crippen LogP contribution in [0.3, 0.4) is 0 Å². The molecule has 0 aliphatic heterocycles. The van der Waals surface area contributed by atoms with Gasteiger partial charge < -0.3 is 16.3 Å². The Bertz CT molecular complexity index is 1020. The molecule has 166 valence electrons. The van der Waals surface area contributed by atoms with Gasteiger partial charge in [0.15, 0.2) is 12.4 Å². The molecule has 5 nitrogen and oxygen atoms in total. The average Bonchev–Trinajstić information content (AvgIpc) is 2.84. The van der Waals surface area contributed by atoms with Gasteiger partial charge in [0.2, 0.25) is 5.91 Å². The molecule has 1 fully saturated rings. The molecule has 1 heterocycles. The Hall–Kier alpha value is -3.18. The maximum Gasteiger partial charge on any atom is 0.223 e. The summed E-state index contributed by atoms with van der Waals surface area (Å²) in [5.74, 6) is 0.609. The van der Waals surface area contributed by atoms with Crippen LogP contribution >= 0.6 is 0 Å². The summed E-state index contributed by atoms with van der Waals surface area (Å²) in [5.41, 5.74) is 9.56. The summed E-state index contributed by atoms with van der Waals surface area (Å²) in [4.78, 5) is 13.2. The normalized spacial score (nSPS) is 19.3. The number of carbonyl (C=O) groups excluding carboxylic acids is 1. The molecule has 2 aromatic carbocycles. The van der Waals surface area contributed by atoms with E-state index >= 15 is 0 Å². The Kier molecular flexibility index (Phi) is 7.17. The third-order valence-electron chi connectivity index (χ3n) is 6.52. The third-order valence-corrected chi connectivity index (χ3v) is 6.52. The first kappa shape index (κ1) is 22.0. The number of benzene rings is 2. The molecular weight excluding hydrogens is 398 g/mol. The van der Waals surface area contributed by atoms with Crippen LogP contribution in [-0.4, -0.2) is 12.5 Å². The molecular formula is C27H31N3O2. The highest BCUT2D eigenvalue weighted by Crippen LogP contribution is 2.30. The predicted octanol–water partition coefficient (Wildman–Crippen LogP) is 4.15. The molecule has 1 unspecified atom stereocenters. The van der Waals surface area contributed by atoms with E-state index in [1.807, 2.05) is 54.6 Å². The number of pyridine rings is 1. The Morgan fingerprint density at radius 1 is 0.969 bits per heavy atom. The number of hydrogen-bond donors (Lipinski definition) is 2. The van der Waals surface area contributed by atoms with Crippen LogP contribution < -0.4 is 15.8 Å². The number of nitrogens with zero attached hydrogens (tertiary/aromatic N) is 1. The van der Waals surface area contributed by atoms with E-state index < -0.39 is 0 Å². The second-order valence-corrected chi connectivity index (χ2v) is 8.79. The van der Waals surface area contributed by atoms with Gasteiger partial charge in [0.25, 0.3) is 0 Å². The molecule has 1 amide bonds. The summed E-state index contributed by atoms with van der Waals surface area (Å²) >= 11 is 0. The predicted molar refractivity (Wildman–Crippen MR) is 126 cm³/mol. The largest absolute Gasteiger partial charge is 0.619 e. The zero-order valence-electron chi connectivity index (χ0n) is 18.3. The molecule has 0 radical (unpaired) electrons. The van der Waals surface area contributed by atoms with Gasteiger partial charge in [0.05, 0.1) is 6.04 Å². The molecule has 0 spiro atoms. The van der Waals surface area contributed by atoms with Gasteiger partial charge in [-0.3, -0.25) is 4.79 Å². The van der Waals surface area contributed by atoms with Crippen molar-refractivity contribution < 1.29 is 9.52 Å². The summed E-state index contributed by atoms with van der Waals surface area (Å²) in [5, 5.41) is 15.8. The van der Waals surface area contributed by atoms with Crippen LogP contribution in [-0.2, 0) is 11.2 Å². The number of carbonyl (C=O) groups is 1.